The Labute approximate surface area is 161 Å². The van der Waals surface area contributed by atoms with Crippen molar-refractivity contribution in [1.29, 1.82) is 0 Å². The maximum Gasteiger partial charge on any atom is 0.261 e. The summed E-state index contributed by atoms with van der Waals surface area (Å²) in [6.07, 6.45) is 5.37. The lowest BCUT2D eigenvalue weighted by Crippen LogP contribution is -2.13. The van der Waals surface area contributed by atoms with E-state index >= 15 is 0 Å². The van der Waals surface area contributed by atoms with Gasteiger partial charge in [-0.3, -0.25) is 9.12 Å². The van der Waals surface area contributed by atoms with E-state index in [0.717, 1.165) is 11.1 Å². The number of anilines is 1. The summed E-state index contributed by atoms with van der Waals surface area (Å²) in [6, 6.07) is 13.5. The molecular weight excluding hydrogens is 384 g/mol. The summed E-state index contributed by atoms with van der Waals surface area (Å²) in [5, 5.41) is 0.406. The molecule has 6 nitrogen and oxygen atoms in total. The molecule has 0 fully saturated rings. The molecule has 0 saturated heterocycles. The summed E-state index contributed by atoms with van der Waals surface area (Å²) >= 11 is 6.06. The van der Waals surface area contributed by atoms with Gasteiger partial charge in [-0.15, -0.1) is 0 Å². The Hall–Kier alpha value is -2.90. The second-order valence-corrected chi connectivity index (χ2v) is 8.14. The molecule has 4 rings (SSSR count). The Bertz CT molecular complexity index is 1220. The minimum Gasteiger partial charge on any atom is -0.291 e. The molecule has 27 heavy (non-hydrogen) atoms. The van der Waals surface area contributed by atoms with Crippen LogP contribution in [-0.4, -0.2) is 22.8 Å². The molecule has 0 atom stereocenters. The van der Waals surface area contributed by atoms with Crippen LogP contribution in [-0.2, 0) is 10.0 Å². The van der Waals surface area contributed by atoms with Gasteiger partial charge in [-0.25, -0.2) is 18.4 Å². The van der Waals surface area contributed by atoms with Crippen molar-refractivity contribution in [3.05, 3.63) is 77.7 Å². The largest absolute Gasteiger partial charge is 0.291 e. The van der Waals surface area contributed by atoms with Crippen LogP contribution in [0.25, 0.3) is 17.0 Å². The highest BCUT2D eigenvalue weighted by Crippen LogP contribution is 2.25. The van der Waals surface area contributed by atoms with E-state index in [9.17, 15) is 8.42 Å². The lowest BCUT2D eigenvalue weighted by atomic mass is 10.1. The number of aromatic nitrogens is 3. The Balaban J connectivity index is 1.67. The molecule has 1 N–H and O–H groups in total. The average Bonchev–Trinajstić information content (AvgIpc) is 3.08. The van der Waals surface area contributed by atoms with Crippen molar-refractivity contribution < 1.29 is 8.42 Å². The Morgan fingerprint density at radius 2 is 1.96 bits per heavy atom. The second-order valence-electron chi connectivity index (χ2n) is 6.05. The van der Waals surface area contributed by atoms with Gasteiger partial charge in [0, 0.05) is 34.9 Å². The zero-order chi connectivity index (χ0) is 19.0. The van der Waals surface area contributed by atoms with Gasteiger partial charge >= 0.3 is 0 Å². The fourth-order valence-corrected chi connectivity index (χ4v) is 3.99. The fraction of sp³-hybridized carbons (Fsp3) is 0.0526. The van der Waals surface area contributed by atoms with Crippen molar-refractivity contribution in [2.45, 2.75) is 11.8 Å². The van der Waals surface area contributed by atoms with Crippen LogP contribution < -0.4 is 4.72 Å². The maximum atomic E-state index is 12.7. The van der Waals surface area contributed by atoms with Crippen molar-refractivity contribution in [3.63, 3.8) is 0 Å². The number of hydrogen-bond donors (Lipinski definition) is 1. The standard InChI is InChI=1S/C19H15ClN4O2S/c1-13-6-7-16(11-17(13)20)27(25,26)23-15-5-2-4-14(10-15)18-12-24-9-3-8-21-19(24)22-18/h2-12,23H,1H3. The van der Waals surface area contributed by atoms with E-state index < -0.39 is 10.0 Å². The van der Waals surface area contributed by atoms with Crippen LogP contribution in [0.5, 0.6) is 0 Å². The molecule has 0 unspecified atom stereocenters. The molecular formula is C19H15ClN4O2S. The lowest BCUT2D eigenvalue weighted by Gasteiger charge is -2.10. The summed E-state index contributed by atoms with van der Waals surface area (Å²) in [6.45, 7) is 1.82. The quantitative estimate of drug-likeness (QED) is 0.560. The highest BCUT2D eigenvalue weighted by atomic mass is 35.5. The predicted molar refractivity (Wildman–Crippen MR) is 105 cm³/mol. The van der Waals surface area contributed by atoms with E-state index in [1.165, 1.54) is 12.1 Å². The van der Waals surface area contributed by atoms with Crippen LogP contribution in [0.2, 0.25) is 5.02 Å². The SMILES string of the molecule is Cc1ccc(S(=O)(=O)Nc2cccc(-c3cn4cccnc4n3)c2)cc1Cl. The molecule has 0 radical (unpaired) electrons. The number of nitrogens with zero attached hydrogens (tertiary/aromatic N) is 3. The van der Waals surface area contributed by atoms with E-state index in [0.29, 0.717) is 22.2 Å². The highest BCUT2D eigenvalue weighted by Gasteiger charge is 2.16. The zero-order valence-electron chi connectivity index (χ0n) is 14.3. The second kappa shape index (κ2) is 6.68. The minimum absolute atomic E-state index is 0.112. The summed E-state index contributed by atoms with van der Waals surface area (Å²) < 4.78 is 29.7. The number of nitrogens with one attached hydrogen (secondary N) is 1. The molecule has 2 heterocycles. The van der Waals surface area contributed by atoms with Gasteiger partial charge in [-0.1, -0.05) is 29.8 Å². The van der Waals surface area contributed by atoms with Gasteiger partial charge in [0.05, 0.1) is 10.6 Å². The monoisotopic (exact) mass is 398 g/mol. The van der Waals surface area contributed by atoms with Crippen molar-refractivity contribution >= 4 is 33.1 Å². The molecule has 0 bridgehead atoms. The summed E-state index contributed by atoms with van der Waals surface area (Å²) in [5.74, 6) is 0.577. The van der Waals surface area contributed by atoms with Gasteiger partial charge in [-0.05, 0) is 42.8 Å². The molecule has 4 aromatic rings. The number of imidazole rings is 1. The number of sulfonamides is 1. The first-order valence-electron chi connectivity index (χ1n) is 8.11. The lowest BCUT2D eigenvalue weighted by molar-refractivity contribution is 0.601. The third-order valence-corrected chi connectivity index (χ3v) is 5.89. The molecule has 8 heteroatoms. The number of halogens is 1. The van der Waals surface area contributed by atoms with E-state index in [-0.39, 0.29) is 4.90 Å². The third-order valence-electron chi connectivity index (χ3n) is 4.10. The molecule has 2 aromatic heterocycles. The first-order chi connectivity index (χ1) is 12.9. The number of benzene rings is 2. The van der Waals surface area contributed by atoms with Gasteiger partial charge in [0.2, 0.25) is 5.78 Å². The third kappa shape index (κ3) is 3.51. The van der Waals surface area contributed by atoms with Gasteiger partial charge in [0.1, 0.15) is 0 Å². The van der Waals surface area contributed by atoms with Crippen LogP contribution in [0.1, 0.15) is 5.56 Å². The van der Waals surface area contributed by atoms with Gasteiger partial charge in [0.25, 0.3) is 10.0 Å². The van der Waals surface area contributed by atoms with Crippen LogP contribution in [0.15, 0.2) is 72.0 Å². The topological polar surface area (TPSA) is 76.4 Å². The van der Waals surface area contributed by atoms with Gasteiger partial charge < -0.3 is 0 Å². The molecule has 2 aromatic carbocycles. The zero-order valence-corrected chi connectivity index (χ0v) is 15.9. The van der Waals surface area contributed by atoms with Crippen molar-refractivity contribution in [2.24, 2.45) is 0 Å². The number of rotatable bonds is 4. The van der Waals surface area contributed by atoms with Crippen LogP contribution in [0.4, 0.5) is 5.69 Å². The molecule has 0 amide bonds. The molecule has 136 valence electrons. The van der Waals surface area contributed by atoms with Crippen LogP contribution in [0.3, 0.4) is 0 Å². The van der Waals surface area contributed by atoms with Crippen molar-refractivity contribution in [1.82, 2.24) is 14.4 Å². The Morgan fingerprint density at radius 3 is 2.74 bits per heavy atom. The first-order valence-corrected chi connectivity index (χ1v) is 9.98. The van der Waals surface area contributed by atoms with Crippen LogP contribution in [0, 0.1) is 6.92 Å². The minimum atomic E-state index is -3.75. The summed E-state index contributed by atoms with van der Waals surface area (Å²) in [5.41, 5.74) is 2.74. The van der Waals surface area contributed by atoms with Crippen LogP contribution >= 0.6 is 11.6 Å². The average molecular weight is 399 g/mol. The van der Waals surface area contributed by atoms with Crippen molar-refractivity contribution in [2.75, 3.05) is 4.72 Å². The molecule has 0 aliphatic carbocycles. The van der Waals surface area contributed by atoms with Gasteiger partial charge in [-0.2, -0.15) is 0 Å². The number of aryl methyl sites for hydroxylation is 1. The summed E-state index contributed by atoms with van der Waals surface area (Å²) in [4.78, 5) is 8.76. The first kappa shape index (κ1) is 17.5. The smallest absolute Gasteiger partial charge is 0.261 e. The molecule has 0 aliphatic rings. The molecule has 0 aliphatic heterocycles. The van der Waals surface area contributed by atoms with E-state index in [1.54, 1.807) is 34.9 Å². The highest BCUT2D eigenvalue weighted by molar-refractivity contribution is 7.92. The molecule has 0 saturated carbocycles. The van der Waals surface area contributed by atoms with Gasteiger partial charge in [0.15, 0.2) is 0 Å². The molecule has 0 spiro atoms. The fourth-order valence-electron chi connectivity index (χ4n) is 2.67. The Morgan fingerprint density at radius 1 is 1.11 bits per heavy atom. The number of fused-ring (bicyclic) bond motifs is 1. The van der Waals surface area contributed by atoms with E-state index in [2.05, 4.69) is 14.7 Å². The maximum absolute atomic E-state index is 12.7. The normalized spacial score (nSPS) is 11.6. The predicted octanol–water partition coefficient (Wildman–Crippen LogP) is 4.16. The van der Waals surface area contributed by atoms with E-state index in [1.807, 2.05) is 31.5 Å². The number of hydrogen-bond acceptors (Lipinski definition) is 4. The summed E-state index contributed by atoms with van der Waals surface area (Å²) in [7, 11) is -3.75. The Kier molecular flexibility index (Phi) is 4.33. The van der Waals surface area contributed by atoms with E-state index in [4.69, 9.17) is 11.6 Å². The van der Waals surface area contributed by atoms with Crippen molar-refractivity contribution in [3.8, 4) is 11.3 Å².